The number of hydrogen-bond acceptors (Lipinski definition) is 4. The molecular formula is C11H15BrIN3O. The molecule has 1 saturated heterocycles. The van der Waals surface area contributed by atoms with Crippen LogP contribution in [0, 0.1) is 3.57 Å². The maximum Gasteiger partial charge on any atom is 0.225 e. The van der Waals surface area contributed by atoms with Crippen LogP contribution in [0.15, 0.2) is 12.4 Å². The van der Waals surface area contributed by atoms with Crippen LogP contribution in [0.25, 0.3) is 0 Å². The van der Waals surface area contributed by atoms with Gasteiger partial charge in [0, 0.05) is 34.4 Å². The van der Waals surface area contributed by atoms with E-state index in [4.69, 9.17) is 4.74 Å². The summed E-state index contributed by atoms with van der Waals surface area (Å²) >= 11 is 5.59. The highest BCUT2D eigenvalue weighted by Crippen LogP contribution is 2.18. The third-order valence-corrected chi connectivity index (χ3v) is 3.64. The van der Waals surface area contributed by atoms with Gasteiger partial charge in [0.15, 0.2) is 0 Å². The predicted octanol–water partition coefficient (Wildman–Crippen LogP) is 2.46. The van der Waals surface area contributed by atoms with Crippen LogP contribution in [-0.2, 0) is 4.74 Å². The van der Waals surface area contributed by atoms with Crippen molar-refractivity contribution in [3.05, 3.63) is 16.0 Å². The summed E-state index contributed by atoms with van der Waals surface area (Å²) in [6.07, 6.45) is 6.23. The van der Waals surface area contributed by atoms with Crippen LogP contribution in [-0.4, -0.2) is 41.1 Å². The van der Waals surface area contributed by atoms with E-state index in [0.29, 0.717) is 6.10 Å². The minimum Gasteiger partial charge on any atom is -0.377 e. The average molecular weight is 412 g/mol. The van der Waals surface area contributed by atoms with Crippen LogP contribution in [0.1, 0.15) is 12.8 Å². The molecular weight excluding hydrogens is 397 g/mol. The maximum absolute atomic E-state index is 5.72. The van der Waals surface area contributed by atoms with Crippen molar-refractivity contribution in [2.75, 3.05) is 29.9 Å². The lowest BCUT2D eigenvalue weighted by Crippen LogP contribution is -2.38. The SMILES string of the molecule is BrCCOC1CCN(c2ncc(I)cn2)CC1. The third kappa shape index (κ3) is 4.03. The molecule has 0 aliphatic carbocycles. The Morgan fingerprint density at radius 1 is 1.35 bits per heavy atom. The number of piperidine rings is 1. The van der Waals surface area contributed by atoms with Crippen molar-refractivity contribution in [3.63, 3.8) is 0 Å². The molecule has 1 aromatic rings. The molecule has 17 heavy (non-hydrogen) atoms. The molecule has 94 valence electrons. The molecule has 1 aromatic heterocycles. The number of nitrogens with zero attached hydrogens (tertiary/aromatic N) is 3. The van der Waals surface area contributed by atoms with Gasteiger partial charge in [-0.05, 0) is 35.4 Å². The Kier molecular flexibility index (Phi) is 5.43. The largest absolute Gasteiger partial charge is 0.377 e. The van der Waals surface area contributed by atoms with Crippen LogP contribution >= 0.6 is 38.5 Å². The third-order valence-electron chi connectivity index (χ3n) is 2.76. The summed E-state index contributed by atoms with van der Waals surface area (Å²) in [6.45, 7) is 2.76. The fourth-order valence-electron chi connectivity index (χ4n) is 1.90. The van der Waals surface area contributed by atoms with Gasteiger partial charge in [-0.15, -0.1) is 0 Å². The lowest BCUT2D eigenvalue weighted by molar-refractivity contribution is 0.0479. The molecule has 0 unspecified atom stereocenters. The summed E-state index contributed by atoms with van der Waals surface area (Å²) < 4.78 is 6.79. The van der Waals surface area contributed by atoms with Gasteiger partial charge in [-0.1, -0.05) is 15.9 Å². The van der Waals surface area contributed by atoms with Gasteiger partial charge >= 0.3 is 0 Å². The number of aromatic nitrogens is 2. The first kappa shape index (κ1) is 13.5. The van der Waals surface area contributed by atoms with E-state index < -0.39 is 0 Å². The molecule has 1 aliphatic heterocycles. The van der Waals surface area contributed by atoms with Gasteiger partial charge < -0.3 is 9.64 Å². The Morgan fingerprint density at radius 2 is 2.00 bits per heavy atom. The summed E-state index contributed by atoms with van der Waals surface area (Å²) in [5.41, 5.74) is 0. The number of halogens is 2. The van der Waals surface area contributed by atoms with Crippen molar-refractivity contribution >= 4 is 44.5 Å². The fourth-order valence-corrected chi connectivity index (χ4v) is 2.37. The lowest BCUT2D eigenvalue weighted by atomic mass is 10.1. The van der Waals surface area contributed by atoms with Crippen molar-refractivity contribution in [2.45, 2.75) is 18.9 Å². The molecule has 0 spiro atoms. The minimum absolute atomic E-state index is 0.396. The first-order chi connectivity index (χ1) is 8.29. The highest BCUT2D eigenvalue weighted by Gasteiger charge is 2.20. The van der Waals surface area contributed by atoms with Crippen LogP contribution in [0.5, 0.6) is 0 Å². The van der Waals surface area contributed by atoms with E-state index in [1.807, 2.05) is 12.4 Å². The molecule has 0 aromatic carbocycles. The molecule has 1 fully saturated rings. The minimum atomic E-state index is 0.396. The van der Waals surface area contributed by atoms with Gasteiger partial charge in [-0.3, -0.25) is 0 Å². The molecule has 4 nitrogen and oxygen atoms in total. The molecule has 0 atom stereocenters. The van der Waals surface area contributed by atoms with E-state index in [-0.39, 0.29) is 0 Å². The topological polar surface area (TPSA) is 38.2 Å². The Labute approximate surface area is 123 Å². The van der Waals surface area contributed by atoms with E-state index in [0.717, 1.165) is 47.4 Å². The molecule has 6 heteroatoms. The summed E-state index contributed by atoms with van der Waals surface area (Å²) in [5, 5.41) is 0.910. The van der Waals surface area contributed by atoms with Crippen molar-refractivity contribution in [3.8, 4) is 0 Å². The van der Waals surface area contributed by atoms with Crippen molar-refractivity contribution < 1.29 is 4.74 Å². The van der Waals surface area contributed by atoms with Gasteiger partial charge in [0.1, 0.15) is 0 Å². The molecule has 0 N–H and O–H groups in total. The van der Waals surface area contributed by atoms with Crippen molar-refractivity contribution in [1.82, 2.24) is 9.97 Å². The zero-order valence-electron chi connectivity index (χ0n) is 9.48. The zero-order chi connectivity index (χ0) is 12.1. The van der Waals surface area contributed by atoms with Gasteiger partial charge in [-0.2, -0.15) is 0 Å². The van der Waals surface area contributed by atoms with Crippen LogP contribution < -0.4 is 4.90 Å². The van der Waals surface area contributed by atoms with E-state index >= 15 is 0 Å². The van der Waals surface area contributed by atoms with Crippen LogP contribution in [0.4, 0.5) is 5.95 Å². The first-order valence-electron chi connectivity index (χ1n) is 5.69. The maximum atomic E-state index is 5.72. The average Bonchev–Trinajstić information content (AvgIpc) is 2.38. The van der Waals surface area contributed by atoms with E-state index in [2.05, 4.69) is 53.4 Å². The molecule has 0 amide bonds. The standard InChI is InChI=1S/C11H15BrIN3O/c12-3-6-17-10-1-4-16(5-2-10)11-14-7-9(13)8-15-11/h7-8,10H,1-6H2. The number of anilines is 1. The normalized spacial score (nSPS) is 17.4. The Morgan fingerprint density at radius 3 is 2.59 bits per heavy atom. The number of rotatable bonds is 4. The summed E-state index contributed by atoms with van der Waals surface area (Å²) in [4.78, 5) is 10.9. The highest BCUT2D eigenvalue weighted by atomic mass is 127. The Balaban J connectivity index is 1.84. The van der Waals surface area contributed by atoms with Crippen LogP contribution in [0.3, 0.4) is 0 Å². The number of hydrogen-bond donors (Lipinski definition) is 0. The molecule has 1 aliphatic rings. The molecule has 0 saturated carbocycles. The second kappa shape index (κ2) is 6.84. The van der Waals surface area contributed by atoms with E-state index in [9.17, 15) is 0 Å². The van der Waals surface area contributed by atoms with Crippen LogP contribution in [0.2, 0.25) is 0 Å². The Hall–Kier alpha value is 0.0500. The molecule has 2 rings (SSSR count). The predicted molar refractivity (Wildman–Crippen MR) is 79.7 cm³/mol. The van der Waals surface area contributed by atoms with Crippen molar-refractivity contribution in [2.24, 2.45) is 0 Å². The van der Waals surface area contributed by atoms with Gasteiger partial charge in [0.2, 0.25) is 5.95 Å². The van der Waals surface area contributed by atoms with Gasteiger partial charge in [-0.25, -0.2) is 9.97 Å². The quantitative estimate of drug-likeness (QED) is 0.563. The fraction of sp³-hybridized carbons (Fsp3) is 0.636. The van der Waals surface area contributed by atoms with E-state index in [1.54, 1.807) is 0 Å². The summed E-state index contributed by atoms with van der Waals surface area (Å²) in [6, 6.07) is 0. The second-order valence-corrected chi connectivity index (χ2v) is 5.99. The second-order valence-electron chi connectivity index (χ2n) is 3.95. The first-order valence-corrected chi connectivity index (χ1v) is 7.89. The monoisotopic (exact) mass is 411 g/mol. The molecule has 0 radical (unpaired) electrons. The number of ether oxygens (including phenoxy) is 1. The van der Waals surface area contributed by atoms with Crippen molar-refractivity contribution in [1.29, 1.82) is 0 Å². The van der Waals surface area contributed by atoms with Gasteiger partial charge in [0.25, 0.3) is 0 Å². The smallest absolute Gasteiger partial charge is 0.225 e. The lowest BCUT2D eigenvalue weighted by Gasteiger charge is -2.31. The highest BCUT2D eigenvalue weighted by molar-refractivity contribution is 14.1. The number of alkyl halides is 1. The summed E-state index contributed by atoms with van der Waals surface area (Å²) in [7, 11) is 0. The zero-order valence-corrected chi connectivity index (χ0v) is 13.2. The Bertz CT molecular complexity index is 341. The van der Waals surface area contributed by atoms with E-state index in [1.165, 1.54) is 0 Å². The molecule has 0 bridgehead atoms. The molecule has 2 heterocycles. The van der Waals surface area contributed by atoms with Gasteiger partial charge in [0.05, 0.1) is 12.7 Å². The summed E-state index contributed by atoms with van der Waals surface area (Å²) in [5.74, 6) is 0.837.